The maximum atomic E-state index is 15.0. The van der Waals surface area contributed by atoms with Gasteiger partial charge in [0.25, 0.3) is 5.91 Å². The zero-order valence-corrected chi connectivity index (χ0v) is 15.9. The second-order valence-corrected chi connectivity index (χ2v) is 6.74. The Morgan fingerprint density at radius 1 is 1.42 bits per heavy atom. The summed E-state index contributed by atoms with van der Waals surface area (Å²) in [7, 11) is 0. The van der Waals surface area contributed by atoms with E-state index in [1.54, 1.807) is 0 Å². The van der Waals surface area contributed by atoms with Gasteiger partial charge in [0.15, 0.2) is 5.82 Å². The monoisotopic (exact) mass is 470 g/mol. The Morgan fingerprint density at radius 3 is 2.96 bits per heavy atom. The Labute approximate surface area is 162 Å². The Balaban J connectivity index is 2.04. The van der Waals surface area contributed by atoms with Gasteiger partial charge < -0.3 is 15.4 Å². The molecule has 1 amide bonds. The van der Waals surface area contributed by atoms with Crippen molar-refractivity contribution < 1.29 is 19.1 Å². The zero-order chi connectivity index (χ0) is 18.7. The van der Waals surface area contributed by atoms with Crippen molar-refractivity contribution in [2.75, 3.05) is 18.5 Å². The molecule has 1 aromatic heterocycles. The lowest BCUT2D eigenvalue weighted by atomic mass is 10.1. The van der Waals surface area contributed by atoms with E-state index in [2.05, 4.69) is 43.4 Å². The fourth-order valence-corrected chi connectivity index (χ4v) is 3.11. The van der Waals surface area contributed by atoms with Gasteiger partial charge in [-0.1, -0.05) is 0 Å². The quantitative estimate of drug-likeness (QED) is 0.252. The summed E-state index contributed by atoms with van der Waals surface area (Å²) in [4.78, 5) is 24.0. The highest BCUT2D eigenvalue weighted by Crippen LogP contribution is 2.31. The van der Waals surface area contributed by atoms with Crippen LogP contribution < -0.4 is 10.8 Å². The normalized spacial score (nSPS) is 10.9. The van der Waals surface area contributed by atoms with Crippen molar-refractivity contribution in [2.45, 2.75) is 6.92 Å². The molecule has 0 fully saturated rings. The summed E-state index contributed by atoms with van der Waals surface area (Å²) in [5.74, 6) is -1.28. The van der Waals surface area contributed by atoms with Crippen LogP contribution >= 0.6 is 22.6 Å². The maximum Gasteiger partial charge on any atom is 0.277 e. The molecule has 0 saturated heterocycles. The van der Waals surface area contributed by atoms with Gasteiger partial charge in [0.05, 0.1) is 36.3 Å². The second-order valence-electron chi connectivity index (χ2n) is 5.50. The maximum absolute atomic E-state index is 15.0. The predicted octanol–water partition coefficient (Wildman–Crippen LogP) is 3.01. The summed E-state index contributed by atoms with van der Waals surface area (Å²) in [6.45, 7) is 1.57. The lowest BCUT2D eigenvalue weighted by Gasteiger charge is -2.15. The number of H-pyrrole nitrogens is 1. The van der Waals surface area contributed by atoms with E-state index in [1.165, 1.54) is 12.4 Å². The molecular formula is C17H16FIN4O3. The first-order valence-corrected chi connectivity index (χ1v) is 8.81. The summed E-state index contributed by atoms with van der Waals surface area (Å²) in [5.41, 5.74) is 4.33. The molecule has 0 radical (unpaired) electrons. The van der Waals surface area contributed by atoms with E-state index in [0.29, 0.717) is 11.2 Å². The molecule has 0 aliphatic rings. The number of aromatic amines is 1. The third kappa shape index (κ3) is 3.79. The van der Waals surface area contributed by atoms with Crippen LogP contribution in [0.3, 0.4) is 0 Å². The number of hydrogen-bond acceptors (Lipinski definition) is 5. The van der Waals surface area contributed by atoms with Crippen LogP contribution in [0.2, 0.25) is 0 Å². The van der Waals surface area contributed by atoms with Crippen molar-refractivity contribution in [2.24, 2.45) is 0 Å². The zero-order valence-electron chi connectivity index (χ0n) is 13.8. The molecule has 4 N–H and O–H groups in total. The molecule has 136 valence electrons. The van der Waals surface area contributed by atoms with Crippen LogP contribution in [-0.2, 0) is 4.84 Å². The van der Waals surface area contributed by atoms with Gasteiger partial charge in [-0.2, -0.15) is 0 Å². The van der Waals surface area contributed by atoms with Gasteiger partial charge in [0, 0.05) is 9.26 Å². The number of amides is 1. The first kappa shape index (κ1) is 18.5. The minimum Gasteiger partial charge on any atom is -0.394 e. The first-order valence-electron chi connectivity index (χ1n) is 7.73. The molecule has 3 aromatic rings. The molecular weight excluding hydrogens is 454 g/mol. The number of halogens is 2. The van der Waals surface area contributed by atoms with E-state index in [9.17, 15) is 4.79 Å². The fourth-order valence-electron chi connectivity index (χ4n) is 2.46. The standard InChI is InChI=1S/C17H16FIN4O3/c1-9-6-10(19)2-3-12(9)22-15-11(17(25)23-26-5-4-24)7-13-16(14(15)18)21-8-20-13/h2-3,6-8,22,24H,4-5H2,1H3,(H,20,21)(H,23,25). The van der Waals surface area contributed by atoms with Crippen molar-refractivity contribution in [3.63, 3.8) is 0 Å². The minimum absolute atomic E-state index is 0.000920. The number of aliphatic hydroxyl groups is 1. The average molecular weight is 470 g/mol. The SMILES string of the molecule is Cc1cc(I)ccc1Nc1c(C(=O)NOCCO)cc2[nH]cnc2c1F. The van der Waals surface area contributed by atoms with Crippen molar-refractivity contribution in [1.82, 2.24) is 15.4 Å². The number of aryl methyl sites for hydroxylation is 1. The van der Waals surface area contributed by atoms with Crippen molar-refractivity contribution in [3.05, 3.63) is 51.1 Å². The molecule has 0 atom stereocenters. The van der Waals surface area contributed by atoms with E-state index in [4.69, 9.17) is 9.94 Å². The number of imidazole rings is 1. The summed E-state index contributed by atoms with van der Waals surface area (Å²) in [6, 6.07) is 7.13. The van der Waals surface area contributed by atoms with Crippen LogP contribution in [0.15, 0.2) is 30.6 Å². The number of hydrogen-bond donors (Lipinski definition) is 4. The molecule has 7 nitrogen and oxygen atoms in total. The molecule has 0 spiro atoms. The number of aliphatic hydroxyl groups excluding tert-OH is 1. The smallest absolute Gasteiger partial charge is 0.277 e. The number of rotatable bonds is 6. The van der Waals surface area contributed by atoms with Crippen molar-refractivity contribution >= 4 is 50.9 Å². The number of benzene rings is 2. The third-order valence-electron chi connectivity index (χ3n) is 3.71. The summed E-state index contributed by atoms with van der Waals surface area (Å²) in [5, 5.41) is 11.7. The Bertz CT molecular complexity index is 961. The number of hydroxylamine groups is 1. The van der Waals surface area contributed by atoms with E-state index in [-0.39, 0.29) is 30.0 Å². The van der Waals surface area contributed by atoms with Crippen LogP contribution in [0.5, 0.6) is 0 Å². The number of anilines is 2. The van der Waals surface area contributed by atoms with Gasteiger partial charge in [0.1, 0.15) is 5.52 Å². The van der Waals surface area contributed by atoms with E-state index in [0.717, 1.165) is 9.13 Å². The molecule has 9 heteroatoms. The number of carbonyl (C=O) groups is 1. The lowest BCUT2D eigenvalue weighted by Crippen LogP contribution is -2.26. The van der Waals surface area contributed by atoms with Gasteiger partial charge in [-0.3, -0.25) is 9.63 Å². The van der Waals surface area contributed by atoms with Crippen molar-refractivity contribution in [3.8, 4) is 0 Å². The van der Waals surface area contributed by atoms with Gasteiger partial charge in [-0.15, -0.1) is 0 Å². The fraction of sp³-hybridized carbons (Fsp3) is 0.176. The second kappa shape index (κ2) is 7.98. The van der Waals surface area contributed by atoms with Crippen LogP contribution in [-0.4, -0.2) is 34.2 Å². The summed E-state index contributed by atoms with van der Waals surface area (Å²) in [6.07, 6.45) is 1.36. The van der Waals surface area contributed by atoms with Crippen LogP contribution in [0.25, 0.3) is 11.0 Å². The van der Waals surface area contributed by atoms with Gasteiger partial charge in [-0.05, 0) is 59.3 Å². The summed E-state index contributed by atoms with van der Waals surface area (Å²) >= 11 is 2.19. The molecule has 0 aliphatic heterocycles. The predicted molar refractivity (Wildman–Crippen MR) is 104 cm³/mol. The molecule has 0 aliphatic carbocycles. The number of fused-ring (bicyclic) bond motifs is 1. The third-order valence-corrected chi connectivity index (χ3v) is 4.38. The van der Waals surface area contributed by atoms with Crippen LogP contribution in [0.4, 0.5) is 15.8 Å². The lowest BCUT2D eigenvalue weighted by molar-refractivity contribution is 0.0169. The van der Waals surface area contributed by atoms with Gasteiger partial charge in [0.2, 0.25) is 0 Å². The topological polar surface area (TPSA) is 99.3 Å². The van der Waals surface area contributed by atoms with Crippen LogP contribution in [0.1, 0.15) is 15.9 Å². The molecule has 3 rings (SSSR count). The first-order chi connectivity index (χ1) is 12.5. The minimum atomic E-state index is -0.644. The number of nitrogens with one attached hydrogen (secondary N) is 3. The largest absolute Gasteiger partial charge is 0.394 e. The Hall–Kier alpha value is -2.24. The molecule has 0 saturated carbocycles. The average Bonchev–Trinajstić information content (AvgIpc) is 3.08. The molecule has 1 heterocycles. The molecule has 2 aromatic carbocycles. The molecule has 26 heavy (non-hydrogen) atoms. The number of aromatic nitrogens is 2. The van der Waals surface area contributed by atoms with Crippen molar-refractivity contribution in [1.29, 1.82) is 0 Å². The van der Waals surface area contributed by atoms with E-state index >= 15 is 4.39 Å². The van der Waals surface area contributed by atoms with Crippen LogP contribution in [0, 0.1) is 16.3 Å². The number of nitrogens with zero attached hydrogens (tertiary/aromatic N) is 1. The van der Waals surface area contributed by atoms with E-state index < -0.39 is 11.7 Å². The highest BCUT2D eigenvalue weighted by atomic mass is 127. The molecule has 0 unspecified atom stereocenters. The Morgan fingerprint density at radius 2 is 2.23 bits per heavy atom. The highest BCUT2D eigenvalue weighted by molar-refractivity contribution is 14.1. The van der Waals surface area contributed by atoms with Gasteiger partial charge in [-0.25, -0.2) is 14.9 Å². The Kier molecular flexibility index (Phi) is 5.69. The molecule has 0 bridgehead atoms. The van der Waals surface area contributed by atoms with Gasteiger partial charge >= 0.3 is 0 Å². The highest BCUT2D eigenvalue weighted by Gasteiger charge is 2.21. The summed E-state index contributed by atoms with van der Waals surface area (Å²) < 4.78 is 16.0. The number of carbonyl (C=O) groups excluding carboxylic acids is 1. The van der Waals surface area contributed by atoms with E-state index in [1.807, 2.05) is 25.1 Å².